The van der Waals surface area contributed by atoms with E-state index in [0.29, 0.717) is 31.7 Å². The van der Waals surface area contributed by atoms with Crippen LogP contribution in [0, 0.1) is 5.92 Å². The van der Waals surface area contributed by atoms with E-state index in [4.69, 9.17) is 0 Å². The fourth-order valence-corrected chi connectivity index (χ4v) is 3.90. The highest BCUT2D eigenvalue weighted by Gasteiger charge is 2.23. The van der Waals surface area contributed by atoms with E-state index in [1.807, 2.05) is 67.5 Å². The third-order valence-corrected chi connectivity index (χ3v) is 5.45. The van der Waals surface area contributed by atoms with Crippen molar-refractivity contribution in [2.75, 3.05) is 43.9 Å². The molecule has 0 spiro atoms. The molecule has 1 fully saturated rings. The molecule has 3 rings (SSSR count). The predicted octanol–water partition coefficient (Wildman–Crippen LogP) is 3.24. The van der Waals surface area contributed by atoms with Gasteiger partial charge >= 0.3 is 6.03 Å². The molecule has 0 radical (unpaired) electrons. The summed E-state index contributed by atoms with van der Waals surface area (Å²) in [5, 5.41) is 16.5. The van der Waals surface area contributed by atoms with Gasteiger partial charge in [0.05, 0.1) is 6.10 Å². The molecule has 2 aromatic carbocycles. The zero-order valence-electron chi connectivity index (χ0n) is 18.3. The SMILES string of the molecule is CN(C)C[C@@H](CNC(=O)Nc1cccc(N2CCCCC2=O)c1)[C@@H](O)c1ccccc1. The van der Waals surface area contributed by atoms with Gasteiger partial charge in [0, 0.05) is 43.3 Å². The summed E-state index contributed by atoms with van der Waals surface area (Å²) in [6.07, 6.45) is 1.80. The van der Waals surface area contributed by atoms with Gasteiger partial charge in [-0.25, -0.2) is 4.79 Å². The quantitative estimate of drug-likeness (QED) is 0.607. The van der Waals surface area contributed by atoms with E-state index in [1.54, 1.807) is 11.0 Å². The Bertz CT molecular complexity index is 872. The van der Waals surface area contributed by atoms with Crippen molar-refractivity contribution < 1.29 is 14.7 Å². The van der Waals surface area contributed by atoms with E-state index in [0.717, 1.165) is 24.1 Å². The number of hydrogen-bond acceptors (Lipinski definition) is 4. The van der Waals surface area contributed by atoms with Gasteiger partial charge in [0.2, 0.25) is 5.91 Å². The summed E-state index contributed by atoms with van der Waals surface area (Å²) < 4.78 is 0. The van der Waals surface area contributed by atoms with Crippen molar-refractivity contribution in [1.29, 1.82) is 0 Å². The van der Waals surface area contributed by atoms with Crippen LogP contribution in [0.15, 0.2) is 54.6 Å². The number of aliphatic hydroxyl groups excluding tert-OH is 1. The standard InChI is InChI=1S/C24H32N4O3/c1-27(2)17-19(23(30)18-9-4-3-5-10-18)16-25-24(31)26-20-11-8-12-21(15-20)28-14-7-6-13-22(28)29/h3-5,8-12,15,19,23,30H,6-7,13-14,16-17H2,1-2H3,(H2,25,26,31)/t19-,23+/m1/s1. The maximum atomic E-state index is 12.5. The van der Waals surface area contributed by atoms with Crippen molar-refractivity contribution in [1.82, 2.24) is 10.2 Å². The number of nitrogens with zero attached hydrogens (tertiary/aromatic N) is 2. The summed E-state index contributed by atoms with van der Waals surface area (Å²) in [4.78, 5) is 28.5. The second-order valence-electron chi connectivity index (χ2n) is 8.27. The van der Waals surface area contributed by atoms with Gasteiger partial charge in [-0.15, -0.1) is 0 Å². The molecule has 2 atom stereocenters. The zero-order chi connectivity index (χ0) is 22.2. The molecule has 1 saturated heterocycles. The van der Waals surface area contributed by atoms with E-state index in [1.165, 1.54) is 0 Å². The van der Waals surface area contributed by atoms with Gasteiger partial charge in [0.1, 0.15) is 0 Å². The van der Waals surface area contributed by atoms with E-state index in [9.17, 15) is 14.7 Å². The van der Waals surface area contributed by atoms with Crippen molar-refractivity contribution in [2.45, 2.75) is 25.4 Å². The molecule has 1 heterocycles. The summed E-state index contributed by atoms with van der Waals surface area (Å²) in [5.74, 6) is -0.0465. The van der Waals surface area contributed by atoms with Gasteiger partial charge in [-0.05, 0) is 50.7 Å². The smallest absolute Gasteiger partial charge is 0.319 e. The van der Waals surface area contributed by atoms with Crippen LogP contribution in [-0.4, -0.2) is 55.7 Å². The van der Waals surface area contributed by atoms with Gasteiger partial charge in [-0.2, -0.15) is 0 Å². The van der Waals surface area contributed by atoms with Crippen LogP contribution in [0.2, 0.25) is 0 Å². The van der Waals surface area contributed by atoms with Crippen molar-refractivity contribution >= 4 is 23.3 Å². The molecule has 3 amide bonds. The fourth-order valence-electron chi connectivity index (χ4n) is 3.90. The lowest BCUT2D eigenvalue weighted by molar-refractivity contribution is -0.119. The lowest BCUT2D eigenvalue weighted by atomic mass is 9.95. The van der Waals surface area contributed by atoms with Crippen LogP contribution in [0.1, 0.15) is 30.9 Å². The molecule has 31 heavy (non-hydrogen) atoms. The third-order valence-electron chi connectivity index (χ3n) is 5.45. The number of amides is 3. The summed E-state index contributed by atoms with van der Waals surface area (Å²) in [7, 11) is 3.89. The summed E-state index contributed by atoms with van der Waals surface area (Å²) >= 11 is 0. The highest BCUT2D eigenvalue weighted by molar-refractivity contribution is 5.95. The van der Waals surface area contributed by atoms with E-state index in [2.05, 4.69) is 10.6 Å². The second-order valence-corrected chi connectivity index (χ2v) is 8.27. The average Bonchev–Trinajstić information content (AvgIpc) is 2.77. The van der Waals surface area contributed by atoms with Gasteiger partial charge in [-0.3, -0.25) is 4.79 Å². The van der Waals surface area contributed by atoms with Gasteiger partial charge in [0.15, 0.2) is 0 Å². The van der Waals surface area contributed by atoms with Gasteiger partial charge in [-0.1, -0.05) is 36.4 Å². The van der Waals surface area contributed by atoms with E-state index in [-0.39, 0.29) is 17.9 Å². The molecule has 0 aromatic heterocycles. The molecular weight excluding hydrogens is 392 g/mol. The first-order valence-electron chi connectivity index (χ1n) is 10.8. The molecule has 7 heteroatoms. The van der Waals surface area contributed by atoms with Crippen molar-refractivity contribution in [3.05, 3.63) is 60.2 Å². The van der Waals surface area contributed by atoms with E-state index >= 15 is 0 Å². The summed E-state index contributed by atoms with van der Waals surface area (Å²) in [6, 6.07) is 16.5. The zero-order valence-corrected chi connectivity index (χ0v) is 18.3. The van der Waals surface area contributed by atoms with Crippen LogP contribution in [0.4, 0.5) is 16.2 Å². The first-order valence-corrected chi connectivity index (χ1v) is 10.8. The minimum atomic E-state index is -0.683. The van der Waals surface area contributed by atoms with Crippen LogP contribution >= 0.6 is 0 Å². The Kier molecular flexibility index (Phi) is 8.03. The predicted molar refractivity (Wildman–Crippen MR) is 123 cm³/mol. The Balaban J connectivity index is 1.60. The Labute approximate surface area is 184 Å². The van der Waals surface area contributed by atoms with E-state index < -0.39 is 6.10 Å². The maximum Gasteiger partial charge on any atom is 0.319 e. The molecule has 3 N–H and O–H groups in total. The number of carbonyl (C=O) groups is 2. The number of nitrogens with one attached hydrogen (secondary N) is 2. The summed E-state index contributed by atoms with van der Waals surface area (Å²) in [5.41, 5.74) is 2.25. The van der Waals surface area contributed by atoms with Gasteiger partial charge < -0.3 is 25.5 Å². The van der Waals surface area contributed by atoms with Crippen molar-refractivity contribution in [3.8, 4) is 0 Å². The van der Waals surface area contributed by atoms with Crippen LogP contribution in [-0.2, 0) is 4.79 Å². The van der Waals surface area contributed by atoms with Crippen molar-refractivity contribution in [3.63, 3.8) is 0 Å². The van der Waals surface area contributed by atoms with Crippen LogP contribution < -0.4 is 15.5 Å². The molecular formula is C24H32N4O3. The number of urea groups is 1. The monoisotopic (exact) mass is 424 g/mol. The summed E-state index contributed by atoms with van der Waals surface area (Å²) in [6.45, 7) is 1.66. The maximum absolute atomic E-state index is 12.5. The van der Waals surface area contributed by atoms with Crippen LogP contribution in [0.25, 0.3) is 0 Å². The number of hydrogen-bond donors (Lipinski definition) is 3. The number of anilines is 2. The Morgan fingerprint density at radius 3 is 2.61 bits per heavy atom. The minimum absolute atomic E-state index is 0.120. The second kappa shape index (κ2) is 10.9. The highest BCUT2D eigenvalue weighted by Crippen LogP contribution is 2.24. The number of aliphatic hydroxyl groups is 1. The molecule has 1 aliphatic rings. The molecule has 0 aliphatic carbocycles. The molecule has 2 aromatic rings. The third kappa shape index (κ3) is 6.54. The first-order chi connectivity index (χ1) is 14.9. The Hall–Kier alpha value is -2.90. The highest BCUT2D eigenvalue weighted by atomic mass is 16.3. The molecule has 1 aliphatic heterocycles. The Morgan fingerprint density at radius 1 is 1.13 bits per heavy atom. The topological polar surface area (TPSA) is 84.9 Å². The van der Waals surface area contributed by atoms with Gasteiger partial charge in [0.25, 0.3) is 0 Å². The molecule has 166 valence electrons. The fraction of sp³-hybridized carbons (Fsp3) is 0.417. The van der Waals surface area contributed by atoms with Crippen LogP contribution in [0.5, 0.6) is 0 Å². The molecule has 0 saturated carbocycles. The Morgan fingerprint density at radius 2 is 1.90 bits per heavy atom. The number of piperidine rings is 1. The number of rotatable bonds is 8. The molecule has 0 unspecified atom stereocenters. The largest absolute Gasteiger partial charge is 0.388 e. The lowest BCUT2D eigenvalue weighted by Crippen LogP contribution is -2.39. The molecule has 0 bridgehead atoms. The lowest BCUT2D eigenvalue weighted by Gasteiger charge is -2.27. The minimum Gasteiger partial charge on any atom is -0.388 e. The average molecular weight is 425 g/mol. The number of benzene rings is 2. The normalized spacial score (nSPS) is 16.1. The molecule has 7 nitrogen and oxygen atoms in total. The first kappa shape index (κ1) is 22.8. The van der Waals surface area contributed by atoms with Crippen LogP contribution in [0.3, 0.4) is 0 Å². The number of carbonyl (C=O) groups excluding carboxylic acids is 2. The van der Waals surface area contributed by atoms with Crippen molar-refractivity contribution in [2.24, 2.45) is 5.92 Å².